The summed E-state index contributed by atoms with van der Waals surface area (Å²) in [7, 11) is 0. The van der Waals surface area contributed by atoms with Crippen molar-refractivity contribution in [3.63, 3.8) is 0 Å². The first kappa shape index (κ1) is 10.4. The summed E-state index contributed by atoms with van der Waals surface area (Å²) in [5.41, 5.74) is 0.851. The Morgan fingerprint density at radius 1 is 1.31 bits per heavy atom. The molecule has 0 atom stereocenters. The summed E-state index contributed by atoms with van der Waals surface area (Å²) in [6, 6.07) is 9.44. The second kappa shape index (κ2) is 4.18. The minimum Gasteiger partial charge on any atom is -0.437 e. The molecule has 0 amide bonds. The van der Waals surface area contributed by atoms with Crippen molar-refractivity contribution in [2.24, 2.45) is 0 Å². The van der Waals surface area contributed by atoms with E-state index in [1.54, 1.807) is 6.92 Å². The predicted molar refractivity (Wildman–Crippen MR) is 58.0 cm³/mol. The molecule has 0 radical (unpaired) electrons. The van der Waals surface area contributed by atoms with Crippen LogP contribution in [0.5, 0.6) is 5.88 Å². The van der Waals surface area contributed by atoms with Gasteiger partial charge in [-0.2, -0.15) is 4.98 Å². The molecule has 2 rings (SSSR count). The average Bonchev–Trinajstić information content (AvgIpc) is 2.61. The maximum absolute atomic E-state index is 10.8. The SMILES string of the molecule is CC(=O)Oc1nc(-c2ccccc2)oc1C. The van der Waals surface area contributed by atoms with Crippen molar-refractivity contribution in [3.05, 3.63) is 36.1 Å². The second-order valence-corrected chi connectivity index (χ2v) is 3.34. The van der Waals surface area contributed by atoms with Crippen molar-refractivity contribution in [1.82, 2.24) is 4.98 Å². The van der Waals surface area contributed by atoms with Crippen LogP contribution in [0.1, 0.15) is 12.7 Å². The zero-order chi connectivity index (χ0) is 11.5. The normalized spacial score (nSPS) is 10.1. The Morgan fingerprint density at radius 3 is 2.62 bits per heavy atom. The lowest BCUT2D eigenvalue weighted by Gasteiger charge is -1.93. The van der Waals surface area contributed by atoms with Gasteiger partial charge < -0.3 is 9.15 Å². The van der Waals surface area contributed by atoms with Crippen LogP contribution in [0.2, 0.25) is 0 Å². The van der Waals surface area contributed by atoms with Crippen LogP contribution in [-0.4, -0.2) is 11.0 Å². The number of carbonyl (C=O) groups excluding carboxylic acids is 1. The van der Waals surface area contributed by atoms with Crippen molar-refractivity contribution >= 4 is 5.97 Å². The molecule has 0 spiro atoms. The molecule has 82 valence electrons. The highest BCUT2D eigenvalue weighted by Gasteiger charge is 2.13. The third-order valence-electron chi connectivity index (χ3n) is 2.02. The lowest BCUT2D eigenvalue weighted by Crippen LogP contribution is -2.02. The molecule has 4 nitrogen and oxygen atoms in total. The molecular formula is C12H11NO3. The Kier molecular flexibility index (Phi) is 2.72. The fourth-order valence-corrected chi connectivity index (χ4v) is 1.32. The number of hydrogen-bond acceptors (Lipinski definition) is 4. The first-order valence-corrected chi connectivity index (χ1v) is 4.88. The first-order chi connectivity index (χ1) is 7.66. The van der Waals surface area contributed by atoms with Gasteiger partial charge in [0.15, 0.2) is 5.76 Å². The standard InChI is InChI=1S/C12H11NO3/c1-8-11(16-9(2)14)13-12(15-8)10-6-4-3-5-7-10/h3-7H,1-2H3. The summed E-state index contributed by atoms with van der Waals surface area (Å²) in [5.74, 6) is 0.769. The highest BCUT2D eigenvalue weighted by Crippen LogP contribution is 2.25. The molecule has 0 fully saturated rings. The minimum absolute atomic E-state index is 0.228. The largest absolute Gasteiger partial charge is 0.437 e. The molecule has 0 aliphatic carbocycles. The molecule has 1 aromatic heterocycles. The minimum atomic E-state index is -0.406. The lowest BCUT2D eigenvalue weighted by atomic mass is 10.2. The topological polar surface area (TPSA) is 52.3 Å². The number of benzene rings is 1. The Hall–Kier alpha value is -2.10. The maximum atomic E-state index is 10.8. The fraction of sp³-hybridized carbons (Fsp3) is 0.167. The summed E-state index contributed by atoms with van der Waals surface area (Å²) in [4.78, 5) is 14.9. The van der Waals surface area contributed by atoms with Gasteiger partial charge in [0.2, 0.25) is 5.89 Å². The molecular weight excluding hydrogens is 206 g/mol. The van der Waals surface area contributed by atoms with Crippen LogP contribution >= 0.6 is 0 Å². The van der Waals surface area contributed by atoms with Gasteiger partial charge in [0, 0.05) is 12.5 Å². The van der Waals surface area contributed by atoms with Gasteiger partial charge in [0.25, 0.3) is 5.88 Å². The molecule has 1 heterocycles. The van der Waals surface area contributed by atoms with E-state index in [4.69, 9.17) is 9.15 Å². The van der Waals surface area contributed by atoms with Crippen LogP contribution in [0.25, 0.3) is 11.5 Å². The Bertz CT molecular complexity index is 502. The smallest absolute Gasteiger partial charge is 0.309 e. The predicted octanol–water partition coefficient (Wildman–Crippen LogP) is 2.58. The number of rotatable bonds is 2. The van der Waals surface area contributed by atoms with Gasteiger partial charge in [-0.1, -0.05) is 18.2 Å². The average molecular weight is 217 g/mol. The Balaban J connectivity index is 2.34. The molecule has 2 aromatic rings. The molecule has 0 aliphatic heterocycles. The number of carbonyl (C=O) groups is 1. The van der Waals surface area contributed by atoms with Gasteiger partial charge >= 0.3 is 5.97 Å². The second-order valence-electron chi connectivity index (χ2n) is 3.34. The van der Waals surface area contributed by atoms with Crippen molar-refractivity contribution < 1.29 is 13.9 Å². The summed E-state index contributed by atoms with van der Waals surface area (Å²) in [6.45, 7) is 3.04. The van der Waals surface area contributed by atoms with Gasteiger partial charge in [-0.15, -0.1) is 0 Å². The van der Waals surface area contributed by atoms with Crippen molar-refractivity contribution in [2.45, 2.75) is 13.8 Å². The molecule has 4 heteroatoms. The Labute approximate surface area is 92.9 Å². The van der Waals surface area contributed by atoms with E-state index in [1.807, 2.05) is 30.3 Å². The number of aryl methyl sites for hydroxylation is 1. The number of oxazole rings is 1. The zero-order valence-corrected chi connectivity index (χ0v) is 9.06. The fourth-order valence-electron chi connectivity index (χ4n) is 1.32. The highest BCUT2D eigenvalue weighted by molar-refractivity contribution is 5.69. The van der Waals surface area contributed by atoms with E-state index in [9.17, 15) is 4.79 Å². The van der Waals surface area contributed by atoms with Gasteiger partial charge in [0.1, 0.15) is 0 Å². The van der Waals surface area contributed by atoms with Crippen LogP contribution in [0.15, 0.2) is 34.7 Å². The van der Waals surface area contributed by atoms with E-state index < -0.39 is 5.97 Å². The van der Waals surface area contributed by atoms with Crippen molar-refractivity contribution in [3.8, 4) is 17.3 Å². The number of esters is 1. The lowest BCUT2D eigenvalue weighted by molar-refractivity contribution is -0.132. The maximum Gasteiger partial charge on any atom is 0.309 e. The van der Waals surface area contributed by atoms with E-state index in [2.05, 4.69) is 4.98 Å². The summed E-state index contributed by atoms with van der Waals surface area (Å²) >= 11 is 0. The summed E-state index contributed by atoms with van der Waals surface area (Å²) < 4.78 is 10.3. The van der Waals surface area contributed by atoms with Gasteiger partial charge in [-0.05, 0) is 19.1 Å². The van der Waals surface area contributed by atoms with Crippen LogP contribution in [0, 0.1) is 6.92 Å². The first-order valence-electron chi connectivity index (χ1n) is 4.88. The van der Waals surface area contributed by atoms with E-state index in [0.29, 0.717) is 11.7 Å². The molecule has 0 unspecified atom stereocenters. The molecule has 0 aliphatic rings. The van der Waals surface area contributed by atoms with E-state index in [0.717, 1.165) is 5.56 Å². The zero-order valence-electron chi connectivity index (χ0n) is 9.06. The Morgan fingerprint density at radius 2 is 2.00 bits per heavy atom. The number of nitrogens with zero attached hydrogens (tertiary/aromatic N) is 1. The molecule has 1 aromatic carbocycles. The third kappa shape index (κ3) is 2.11. The van der Waals surface area contributed by atoms with Crippen LogP contribution in [0.4, 0.5) is 0 Å². The third-order valence-corrected chi connectivity index (χ3v) is 2.02. The van der Waals surface area contributed by atoms with Crippen LogP contribution in [-0.2, 0) is 4.79 Å². The van der Waals surface area contributed by atoms with Gasteiger partial charge in [-0.25, -0.2) is 0 Å². The summed E-state index contributed by atoms with van der Waals surface area (Å²) in [6.07, 6.45) is 0. The number of ether oxygens (including phenoxy) is 1. The van der Waals surface area contributed by atoms with Gasteiger partial charge in [-0.3, -0.25) is 4.79 Å². The number of hydrogen-bond donors (Lipinski definition) is 0. The van der Waals surface area contributed by atoms with Crippen molar-refractivity contribution in [1.29, 1.82) is 0 Å². The molecule has 0 saturated heterocycles. The van der Waals surface area contributed by atoms with E-state index in [1.165, 1.54) is 6.92 Å². The van der Waals surface area contributed by atoms with Gasteiger partial charge in [0.05, 0.1) is 0 Å². The summed E-state index contributed by atoms with van der Waals surface area (Å²) in [5, 5.41) is 0. The molecule has 0 saturated carbocycles. The van der Waals surface area contributed by atoms with E-state index in [-0.39, 0.29) is 5.88 Å². The van der Waals surface area contributed by atoms with Crippen LogP contribution in [0.3, 0.4) is 0 Å². The highest BCUT2D eigenvalue weighted by atomic mass is 16.6. The van der Waals surface area contributed by atoms with E-state index >= 15 is 0 Å². The van der Waals surface area contributed by atoms with Crippen LogP contribution < -0.4 is 4.74 Å². The quantitative estimate of drug-likeness (QED) is 0.725. The van der Waals surface area contributed by atoms with Crippen molar-refractivity contribution in [2.75, 3.05) is 0 Å². The number of aromatic nitrogens is 1. The molecule has 0 N–H and O–H groups in total. The monoisotopic (exact) mass is 217 g/mol. The molecule has 0 bridgehead atoms. The molecule has 16 heavy (non-hydrogen) atoms.